The van der Waals surface area contributed by atoms with Crippen LogP contribution in [0.2, 0.25) is 0 Å². The first-order chi connectivity index (χ1) is 7.02. The molecule has 0 aliphatic rings. The molecule has 0 aliphatic carbocycles. The molecule has 2 N–H and O–H groups in total. The van der Waals surface area contributed by atoms with E-state index in [1.165, 1.54) is 13.2 Å². The van der Waals surface area contributed by atoms with Crippen LogP contribution in [0.3, 0.4) is 0 Å². The first-order valence-electron chi connectivity index (χ1n) is 4.08. The van der Waals surface area contributed by atoms with Crippen molar-refractivity contribution >= 4 is 35.2 Å². The molecule has 80 valence electrons. The minimum atomic E-state index is -0.569. The molecule has 0 aromatic carbocycles. The van der Waals surface area contributed by atoms with Crippen molar-refractivity contribution in [2.24, 2.45) is 0 Å². The zero-order chi connectivity index (χ0) is 11.4. The van der Waals surface area contributed by atoms with Crippen molar-refractivity contribution < 1.29 is 9.53 Å². The van der Waals surface area contributed by atoms with E-state index in [-0.39, 0.29) is 10.1 Å². The summed E-state index contributed by atoms with van der Waals surface area (Å²) in [6.07, 6.45) is 2.64. The lowest BCUT2D eigenvalue weighted by Crippen LogP contribution is -2.21. The summed E-state index contributed by atoms with van der Waals surface area (Å²) < 4.78 is 5.22. The molecule has 1 aromatic rings. The predicted octanol–water partition coefficient (Wildman–Crippen LogP) is -0.790. The van der Waals surface area contributed by atoms with Crippen molar-refractivity contribution in [2.45, 2.75) is 6.92 Å². The summed E-state index contributed by atoms with van der Waals surface area (Å²) in [4.78, 5) is 24.7. The fourth-order valence-electron chi connectivity index (χ4n) is 0.887. The third kappa shape index (κ3) is 3.17. The van der Waals surface area contributed by atoms with E-state index in [1.54, 1.807) is 6.92 Å². The van der Waals surface area contributed by atoms with Crippen LogP contribution in [0.25, 0.3) is 12.2 Å². The van der Waals surface area contributed by atoms with Crippen molar-refractivity contribution in [1.82, 2.24) is 4.98 Å². The molecular formula is C9H10N2O3S. The normalized spacial score (nSPS) is 12.9. The second kappa shape index (κ2) is 4.70. The first-order valence-corrected chi connectivity index (χ1v) is 4.90. The molecule has 0 radical (unpaired) electrons. The van der Waals surface area contributed by atoms with Crippen LogP contribution in [0.1, 0.15) is 6.92 Å². The minimum absolute atomic E-state index is 0.273. The number of hydrogen-bond acceptors (Lipinski definition) is 5. The lowest BCUT2D eigenvalue weighted by atomic mass is 10.4. The van der Waals surface area contributed by atoms with Gasteiger partial charge in [0.1, 0.15) is 4.53 Å². The van der Waals surface area contributed by atoms with E-state index in [9.17, 15) is 9.59 Å². The quantitative estimate of drug-likeness (QED) is 0.512. The summed E-state index contributed by atoms with van der Waals surface area (Å²) >= 11 is 1.11. The van der Waals surface area contributed by atoms with Gasteiger partial charge < -0.3 is 15.1 Å². The monoisotopic (exact) mass is 226 g/mol. The average molecular weight is 226 g/mol. The molecule has 0 aliphatic heterocycles. The summed E-state index contributed by atoms with van der Waals surface area (Å²) in [6.45, 7) is 1.60. The van der Waals surface area contributed by atoms with Crippen molar-refractivity contribution in [2.75, 3.05) is 7.11 Å². The van der Waals surface area contributed by atoms with Gasteiger partial charge >= 0.3 is 5.97 Å². The number of aromatic amines is 1. The van der Waals surface area contributed by atoms with Gasteiger partial charge in [-0.2, -0.15) is 0 Å². The number of nitrogens with one attached hydrogen (secondary N) is 2. The fraction of sp³-hybridized carbons (Fsp3) is 0.222. The van der Waals surface area contributed by atoms with Gasteiger partial charge in [0.25, 0.3) is 5.56 Å². The lowest BCUT2D eigenvalue weighted by molar-refractivity contribution is -0.133. The second-order valence-electron chi connectivity index (χ2n) is 2.78. The topological polar surface area (TPSA) is 83.0 Å². The highest BCUT2D eigenvalue weighted by molar-refractivity contribution is 7.07. The van der Waals surface area contributed by atoms with Gasteiger partial charge in [-0.15, -0.1) is 11.3 Å². The number of hydrogen-bond donors (Lipinski definition) is 2. The Morgan fingerprint density at radius 2 is 2.20 bits per heavy atom. The van der Waals surface area contributed by atoms with E-state index < -0.39 is 5.97 Å². The van der Waals surface area contributed by atoms with Gasteiger partial charge in [-0.25, -0.2) is 4.79 Å². The van der Waals surface area contributed by atoms with Crippen LogP contribution in [0.5, 0.6) is 0 Å². The molecule has 0 spiro atoms. The van der Waals surface area contributed by atoms with Crippen molar-refractivity contribution in [3.8, 4) is 0 Å². The Morgan fingerprint density at radius 3 is 2.73 bits per heavy atom. The summed E-state index contributed by atoms with van der Waals surface area (Å²) in [7, 11) is 1.25. The number of thiazole rings is 1. The molecule has 15 heavy (non-hydrogen) atoms. The molecule has 5 nitrogen and oxygen atoms in total. The van der Waals surface area contributed by atoms with E-state index in [0.717, 1.165) is 17.4 Å². The molecule has 0 saturated carbocycles. The molecular weight excluding hydrogens is 216 g/mol. The molecule has 0 bridgehead atoms. The Hall–Kier alpha value is -1.69. The summed E-state index contributed by atoms with van der Waals surface area (Å²) in [5, 5.41) is 7.22. The maximum absolute atomic E-state index is 11.3. The van der Waals surface area contributed by atoms with Crippen molar-refractivity contribution in [1.29, 1.82) is 5.41 Å². The molecule has 0 fully saturated rings. The SMILES string of the molecule is COC(=O)/C=c1\sc(=CC(C)=N)[nH]c1=O. The van der Waals surface area contributed by atoms with Crippen LogP contribution in [0, 0.1) is 5.41 Å². The molecule has 1 aromatic heterocycles. The van der Waals surface area contributed by atoms with Crippen molar-refractivity contribution in [3.05, 3.63) is 19.5 Å². The number of ether oxygens (including phenoxy) is 1. The second-order valence-corrected chi connectivity index (χ2v) is 3.86. The van der Waals surface area contributed by atoms with Crippen molar-refractivity contribution in [3.63, 3.8) is 0 Å². The number of carbonyl (C=O) groups excluding carboxylic acids is 1. The Bertz CT molecular complexity index is 553. The van der Waals surface area contributed by atoms with Gasteiger partial charge in [0.05, 0.1) is 11.8 Å². The first kappa shape index (κ1) is 11.4. The largest absolute Gasteiger partial charge is 0.466 e. The third-order valence-corrected chi connectivity index (χ3v) is 2.44. The van der Waals surface area contributed by atoms with Gasteiger partial charge in [0.2, 0.25) is 0 Å². The van der Waals surface area contributed by atoms with E-state index >= 15 is 0 Å². The number of methoxy groups -OCH3 is 1. The number of rotatable bonds is 2. The Morgan fingerprint density at radius 1 is 1.53 bits per heavy atom. The van der Waals surface area contributed by atoms with Gasteiger partial charge in [-0.1, -0.05) is 0 Å². The van der Waals surface area contributed by atoms with Gasteiger partial charge in [0, 0.05) is 11.8 Å². The molecule has 1 rings (SSSR count). The van der Waals surface area contributed by atoms with Crippen LogP contribution in [0.4, 0.5) is 0 Å². The number of H-pyrrole nitrogens is 1. The standard InChI is InChI=1S/C9H10N2O3S/c1-5(10)3-7-11-9(13)6(15-7)4-8(12)14-2/h3-4,10H,1-2H3,(H,11,13)/b6-4-,7-3?,10-5?. The predicted molar refractivity (Wildman–Crippen MR) is 58.5 cm³/mol. The average Bonchev–Trinajstić information content (AvgIpc) is 2.45. The molecule has 0 saturated heterocycles. The van der Waals surface area contributed by atoms with Crippen LogP contribution in [0.15, 0.2) is 4.79 Å². The molecule has 0 amide bonds. The number of esters is 1. The molecule has 0 atom stereocenters. The fourth-order valence-corrected chi connectivity index (χ4v) is 1.80. The van der Waals surface area contributed by atoms with Gasteiger partial charge in [0.15, 0.2) is 0 Å². The molecule has 0 unspecified atom stereocenters. The van der Waals surface area contributed by atoms with E-state index in [0.29, 0.717) is 10.4 Å². The van der Waals surface area contributed by atoms with E-state index in [4.69, 9.17) is 5.41 Å². The number of aromatic nitrogens is 1. The smallest absolute Gasteiger partial charge is 0.332 e. The lowest BCUT2D eigenvalue weighted by Gasteiger charge is -1.85. The minimum Gasteiger partial charge on any atom is -0.466 e. The summed E-state index contributed by atoms with van der Waals surface area (Å²) in [6, 6.07) is 0. The van der Waals surface area contributed by atoms with Gasteiger partial charge in [-0.05, 0) is 13.0 Å². The maximum atomic E-state index is 11.3. The Labute approximate surface area is 89.2 Å². The summed E-state index contributed by atoms with van der Waals surface area (Å²) in [5.41, 5.74) is -0.0185. The van der Waals surface area contributed by atoms with Crippen LogP contribution < -0.4 is 14.8 Å². The van der Waals surface area contributed by atoms with Crippen LogP contribution >= 0.6 is 11.3 Å². The van der Waals surface area contributed by atoms with Crippen LogP contribution in [-0.4, -0.2) is 23.8 Å². The maximum Gasteiger partial charge on any atom is 0.332 e. The third-order valence-electron chi connectivity index (χ3n) is 1.48. The van der Waals surface area contributed by atoms with Crippen LogP contribution in [-0.2, 0) is 9.53 Å². The molecule has 1 heterocycles. The highest BCUT2D eigenvalue weighted by Crippen LogP contribution is 1.77. The summed E-state index contributed by atoms with van der Waals surface area (Å²) in [5.74, 6) is -0.569. The van der Waals surface area contributed by atoms with E-state index in [2.05, 4.69) is 9.72 Å². The van der Waals surface area contributed by atoms with E-state index in [1.807, 2.05) is 0 Å². The Kier molecular flexibility index (Phi) is 3.56. The number of carbonyl (C=O) groups is 1. The van der Waals surface area contributed by atoms with Gasteiger partial charge in [-0.3, -0.25) is 4.79 Å². The highest BCUT2D eigenvalue weighted by Gasteiger charge is 1.98. The zero-order valence-corrected chi connectivity index (χ0v) is 9.10. The Balaban J connectivity index is 3.30. The molecule has 6 heteroatoms. The zero-order valence-electron chi connectivity index (χ0n) is 8.29. The highest BCUT2D eigenvalue weighted by atomic mass is 32.1.